The van der Waals surface area contributed by atoms with Crippen LogP contribution in [0.1, 0.15) is 22.3 Å². The van der Waals surface area contributed by atoms with Gasteiger partial charge in [-0.3, -0.25) is 0 Å². The third kappa shape index (κ3) is 3.82. The zero-order chi connectivity index (χ0) is 30.0. The van der Waals surface area contributed by atoms with Crippen molar-refractivity contribution in [2.45, 2.75) is 0 Å². The molecule has 0 saturated carbocycles. The van der Waals surface area contributed by atoms with Gasteiger partial charge < -0.3 is 10.3 Å². The van der Waals surface area contributed by atoms with Gasteiger partial charge in [-0.2, -0.15) is 0 Å². The minimum Gasteiger partial charge on any atom is -0.399 e. The van der Waals surface area contributed by atoms with Crippen LogP contribution in [0.4, 0.5) is 5.69 Å². The molecule has 0 atom stereocenters. The molecule has 2 N–H and O–H groups in total. The van der Waals surface area contributed by atoms with E-state index in [0.717, 1.165) is 11.4 Å². The first kappa shape index (κ1) is 25.6. The second-order valence-electron chi connectivity index (χ2n) is 12.0. The normalized spacial score (nSPS) is 16.2. The Labute approximate surface area is 262 Å². The Hall–Kier alpha value is -5.86. The van der Waals surface area contributed by atoms with E-state index in [0.29, 0.717) is 0 Å². The average Bonchev–Trinajstić information content (AvgIpc) is 3.77. The molecule has 1 heterocycles. The molecule has 0 radical (unpaired) electrons. The standard InChI is InChI=1S/C25H16.C18H14N2/c1-3-9-19-17(7-1)15-23-21(19)11-5-13-25(23)14-6-12-22-20-10-4-2-8-18(20)16-24(22)25;19-13-9-11-14(12-10-13)20-17-7-3-1-5-15(17)16-6-2-4-8-18(16)20/h1-16H;1-12H,19H2. The van der Waals surface area contributed by atoms with Crippen molar-refractivity contribution in [1.82, 2.24) is 4.57 Å². The number of hydrogen-bond donors (Lipinski definition) is 1. The molecule has 2 nitrogen and oxygen atoms in total. The van der Waals surface area contributed by atoms with Crippen molar-refractivity contribution in [3.63, 3.8) is 0 Å². The van der Waals surface area contributed by atoms with Gasteiger partial charge in [-0.1, -0.05) is 121 Å². The maximum atomic E-state index is 5.80. The van der Waals surface area contributed by atoms with Crippen LogP contribution in [0, 0.1) is 5.41 Å². The van der Waals surface area contributed by atoms with Crippen LogP contribution in [0.3, 0.4) is 0 Å². The average molecular weight is 575 g/mol. The molecule has 0 aliphatic heterocycles. The number of hydrogen-bond acceptors (Lipinski definition) is 1. The lowest BCUT2D eigenvalue weighted by Crippen LogP contribution is -2.24. The monoisotopic (exact) mass is 574 g/mol. The molecular formula is C43H30N2. The molecule has 212 valence electrons. The van der Waals surface area contributed by atoms with Crippen LogP contribution in [0.15, 0.2) is 169 Å². The van der Waals surface area contributed by atoms with Gasteiger partial charge in [-0.15, -0.1) is 0 Å². The van der Waals surface area contributed by atoms with Gasteiger partial charge in [-0.25, -0.2) is 0 Å². The lowest BCUT2D eigenvalue weighted by molar-refractivity contribution is 0.754. The third-order valence-electron chi connectivity index (χ3n) is 9.55. The fourth-order valence-electron chi connectivity index (χ4n) is 7.51. The number of allylic oxidation sites excluding steroid dienone is 10. The van der Waals surface area contributed by atoms with Crippen LogP contribution in [-0.2, 0) is 0 Å². The van der Waals surface area contributed by atoms with E-state index in [1.807, 2.05) is 12.1 Å². The van der Waals surface area contributed by atoms with Crippen molar-refractivity contribution in [3.05, 3.63) is 191 Å². The van der Waals surface area contributed by atoms with E-state index in [4.69, 9.17) is 5.73 Å². The highest BCUT2D eigenvalue weighted by atomic mass is 15.0. The second-order valence-corrected chi connectivity index (χ2v) is 12.0. The lowest BCUT2D eigenvalue weighted by Gasteiger charge is -2.36. The molecule has 0 fully saturated rings. The molecule has 0 saturated heterocycles. The SMILES string of the molecule is C1=CC2(C=CC=C3C2=Cc2ccccc23)C2=Cc3ccccc3C2=C1.Nc1ccc(-n2c3ccccc3c3ccccc32)cc1. The van der Waals surface area contributed by atoms with Crippen LogP contribution < -0.4 is 5.73 Å². The Morgan fingerprint density at radius 3 is 1.49 bits per heavy atom. The van der Waals surface area contributed by atoms with Gasteiger partial charge in [0.1, 0.15) is 0 Å². The van der Waals surface area contributed by atoms with Gasteiger partial charge in [0, 0.05) is 22.1 Å². The summed E-state index contributed by atoms with van der Waals surface area (Å²) in [5.41, 5.74) is 20.9. The quantitative estimate of drug-likeness (QED) is 0.195. The molecule has 4 aliphatic carbocycles. The highest BCUT2D eigenvalue weighted by Crippen LogP contribution is 2.58. The number of fused-ring (bicyclic) bond motifs is 11. The summed E-state index contributed by atoms with van der Waals surface area (Å²) in [5, 5.41) is 2.56. The number of aromatic nitrogens is 1. The molecule has 5 aromatic carbocycles. The molecule has 1 aromatic heterocycles. The topological polar surface area (TPSA) is 30.9 Å². The number of nitrogens with two attached hydrogens (primary N) is 1. The summed E-state index contributed by atoms with van der Waals surface area (Å²) in [6, 6.07) is 42.4. The molecule has 0 unspecified atom stereocenters. The number of nitrogens with zero attached hydrogens (tertiary/aromatic N) is 1. The van der Waals surface area contributed by atoms with E-state index < -0.39 is 0 Å². The molecule has 4 aliphatic rings. The molecule has 10 rings (SSSR count). The fraction of sp³-hybridized carbons (Fsp3) is 0.0233. The van der Waals surface area contributed by atoms with Crippen LogP contribution in [0.25, 0.3) is 50.8 Å². The van der Waals surface area contributed by atoms with Gasteiger partial charge >= 0.3 is 0 Å². The van der Waals surface area contributed by atoms with Gasteiger partial charge in [0.25, 0.3) is 0 Å². The van der Waals surface area contributed by atoms with E-state index in [1.165, 1.54) is 66.4 Å². The predicted molar refractivity (Wildman–Crippen MR) is 191 cm³/mol. The summed E-state index contributed by atoms with van der Waals surface area (Å²) in [7, 11) is 0. The van der Waals surface area contributed by atoms with Crippen LogP contribution >= 0.6 is 0 Å². The van der Waals surface area contributed by atoms with Gasteiger partial charge in [0.15, 0.2) is 0 Å². The maximum absolute atomic E-state index is 5.80. The first-order chi connectivity index (χ1) is 22.2. The molecule has 1 spiro atoms. The molecule has 2 heteroatoms. The smallest absolute Gasteiger partial charge is 0.0581 e. The minimum atomic E-state index is -0.161. The Morgan fingerprint density at radius 1 is 0.489 bits per heavy atom. The van der Waals surface area contributed by atoms with E-state index in [2.05, 4.69) is 162 Å². The predicted octanol–water partition coefficient (Wildman–Crippen LogP) is 10.4. The molecule has 0 amide bonds. The van der Waals surface area contributed by atoms with E-state index >= 15 is 0 Å². The van der Waals surface area contributed by atoms with Crippen molar-refractivity contribution in [2.75, 3.05) is 5.73 Å². The summed E-state index contributed by atoms with van der Waals surface area (Å²) < 4.78 is 2.28. The molecule has 6 aromatic rings. The zero-order valence-corrected chi connectivity index (χ0v) is 24.7. The Kier molecular flexibility index (Phi) is 5.60. The zero-order valence-electron chi connectivity index (χ0n) is 24.7. The molecule has 0 bridgehead atoms. The van der Waals surface area contributed by atoms with Crippen molar-refractivity contribution < 1.29 is 0 Å². The minimum absolute atomic E-state index is 0.161. The van der Waals surface area contributed by atoms with Crippen molar-refractivity contribution in [1.29, 1.82) is 0 Å². The Morgan fingerprint density at radius 2 is 0.956 bits per heavy atom. The van der Waals surface area contributed by atoms with Crippen LogP contribution in [-0.4, -0.2) is 4.57 Å². The maximum Gasteiger partial charge on any atom is 0.0581 e. The Bertz CT molecular complexity index is 2220. The first-order valence-corrected chi connectivity index (χ1v) is 15.5. The first-order valence-electron chi connectivity index (χ1n) is 15.5. The Balaban J connectivity index is 0.000000128. The van der Waals surface area contributed by atoms with Crippen molar-refractivity contribution in [2.24, 2.45) is 5.41 Å². The third-order valence-corrected chi connectivity index (χ3v) is 9.55. The van der Waals surface area contributed by atoms with E-state index in [1.54, 1.807) is 0 Å². The number of anilines is 1. The highest BCUT2D eigenvalue weighted by Gasteiger charge is 2.43. The van der Waals surface area contributed by atoms with E-state index in [-0.39, 0.29) is 5.41 Å². The number of nitrogen functional groups attached to an aromatic ring is 1. The van der Waals surface area contributed by atoms with Crippen molar-refractivity contribution in [3.8, 4) is 5.69 Å². The molecular weight excluding hydrogens is 544 g/mol. The van der Waals surface area contributed by atoms with Gasteiger partial charge in [-0.05, 0) is 93.1 Å². The van der Waals surface area contributed by atoms with Crippen molar-refractivity contribution >= 4 is 50.8 Å². The second kappa shape index (κ2) is 9.83. The number of para-hydroxylation sites is 2. The van der Waals surface area contributed by atoms with Gasteiger partial charge in [0.2, 0.25) is 0 Å². The van der Waals surface area contributed by atoms with Gasteiger partial charge in [0.05, 0.1) is 16.4 Å². The summed E-state index contributed by atoms with van der Waals surface area (Å²) in [5.74, 6) is 0. The summed E-state index contributed by atoms with van der Waals surface area (Å²) in [6.07, 6.45) is 18.4. The largest absolute Gasteiger partial charge is 0.399 e. The number of rotatable bonds is 1. The summed E-state index contributed by atoms with van der Waals surface area (Å²) >= 11 is 0. The van der Waals surface area contributed by atoms with Crippen LogP contribution in [0.5, 0.6) is 0 Å². The lowest BCUT2D eigenvalue weighted by atomic mass is 9.65. The van der Waals surface area contributed by atoms with Crippen LogP contribution in [0.2, 0.25) is 0 Å². The molecule has 45 heavy (non-hydrogen) atoms. The fourth-order valence-corrected chi connectivity index (χ4v) is 7.51. The number of benzene rings is 5. The highest BCUT2D eigenvalue weighted by molar-refractivity contribution is 6.09. The summed E-state index contributed by atoms with van der Waals surface area (Å²) in [4.78, 5) is 0. The summed E-state index contributed by atoms with van der Waals surface area (Å²) in [6.45, 7) is 0. The van der Waals surface area contributed by atoms with E-state index in [9.17, 15) is 0 Å².